The molecule has 1 heterocycles. The molecule has 7 heteroatoms. The van der Waals surface area contributed by atoms with Crippen molar-refractivity contribution < 1.29 is 13.6 Å². The van der Waals surface area contributed by atoms with E-state index >= 15 is 0 Å². The smallest absolute Gasteiger partial charge is 0.271 e. The number of hydrogen-bond acceptors (Lipinski definition) is 4. The number of carbonyl (C=O) groups is 1. The van der Waals surface area contributed by atoms with Gasteiger partial charge >= 0.3 is 0 Å². The predicted molar refractivity (Wildman–Crippen MR) is 89.0 cm³/mol. The summed E-state index contributed by atoms with van der Waals surface area (Å²) < 4.78 is 18.1. The lowest BCUT2D eigenvalue weighted by atomic mass is 10.2. The molecule has 1 N–H and O–H groups in total. The maximum Gasteiger partial charge on any atom is 0.271 e. The van der Waals surface area contributed by atoms with Crippen molar-refractivity contribution in [3.8, 4) is 0 Å². The van der Waals surface area contributed by atoms with Crippen molar-refractivity contribution in [3.63, 3.8) is 0 Å². The quantitative estimate of drug-likeness (QED) is 0.585. The van der Waals surface area contributed by atoms with Crippen LogP contribution in [0.15, 0.2) is 63.0 Å². The highest BCUT2D eigenvalue weighted by Gasteiger charge is 2.07. The van der Waals surface area contributed by atoms with Crippen molar-refractivity contribution in [1.82, 2.24) is 5.43 Å². The summed E-state index contributed by atoms with van der Waals surface area (Å²) in [5.41, 5.74) is 2.73. The monoisotopic (exact) mass is 344 g/mol. The van der Waals surface area contributed by atoms with Gasteiger partial charge in [0.1, 0.15) is 17.7 Å². The average Bonchev–Trinajstić information content (AvgIpc) is 2.58. The first-order chi connectivity index (χ1) is 11.5. The molecule has 2 aromatic carbocycles. The van der Waals surface area contributed by atoms with Crippen LogP contribution in [-0.4, -0.2) is 12.1 Å². The van der Waals surface area contributed by atoms with E-state index in [1.165, 1.54) is 42.8 Å². The first-order valence-electron chi connectivity index (χ1n) is 6.84. The van der Waals surface area contributed by atoms with Crippen LogP contribution in [0, 0.1) is 5.82 Å². The van der Waals surface area contributed by atoms with E-state index in [9.17, 15) is 14.0 Å². The normalized spacial score (nSPS) is 11.1. The van der Waals surface area contributed by atoms with E-state index < -0.39 is 11.7 Å². The molecule has 0 spiro atoms. The zero-order chi connectivity index (χ0) is 17.1. The molecule has 0 saturated heterocycles. The molecule has 1 amide bonds. The van der Waals surface area contributed by atoms with E-state index in [4.69, 9.17) is 16.0 Å². The van der Waals surface area contributed by atoms with E-state index in [-0.39, 0.29) is 16.6 Å². The Morgan fingerprint density at radius 2 is 1.96 bits per heavy atom. The Kier molecular flexibility index (Phi) is 4.39. The van der Waals surface area contributed by atoms with Gasteiger partial charge in [0, 0.05) is 10.6 Å². The van der Waals surface area contributed by atoms with Crippen LogP contribution < -0.4 is 10.9 Å². The standard InChI is InChI=1S/C17H10ClFN2O3/c18-12-3-6-15-14(7-12)16(22)11(9-24-15)8-20-21-17(23)10-1-4-13(19)5-2-10/h1-9H,(H,21,23)/b20-8+. The van der Waals surface area contributed by atoms with E-state index in [1.54, 1.807) is 12.1 Å². The second kappa shape index (κ2) is 6.64. The summed E-state index contributed by atoms with van der Waals surface area (Å²) in [7, 11) is 0. The van der Waals surface area contributed by atoms with Crippen molar-refractivity contribution in [3.05, 3.63) is 80.9 Å². The van der Waals surface area contributed by atoms with E-state index in [0.717, 1.165) is 0 Å². The minimum absolute atomic E-state index is 0.157. The maximum atomic E-state index is 12.8. The molecule has 1 aromatic heterocycles. The lowest BCUT2D eigenvalue weighted by Gasteiger charge is -2.00. The van der Waals surface area contributed by atoms with Crippen LogP contribution in [-0.2, 0) is 0 Å². The number of nitrogens with one attached hydrogen (secondary N) is 1. The summed E-state index contributed by atoms with van der Waals surface area (Å²) in [6.45, 7) is 0. The molecule has 0 saturated carbocycles. The molecule has 0 atom stereocenters. The predicted octanol–water partition coefficient (Wildman–Crippen LogP) is 3.35. The van der Waals surface area contributed by atoms with E-state index in [0.29, 0.717) is 16.0 Å². The number of carbonyl (C=O) groups excluding carboxylic acids is 1. The van der Waals surface area contributed by atoms with Gasteiger partial charge in [0.05, 0.1) is 17.2 Å². The largest absolute Gasteiger partial charge is 0.463 e. The van der Waals surface area contributed by atoms with Crippen LogP contribution in [0.3, 0.4) is 0 Å². The minimum Gasteiger partial charge on any atom is -0.463 e. The highest BCUT2D eigenvalue weighted by atomic mass is 35.5. The zero-order valence-electron chi connectivity index (χ0n) is 12.1. The molecule has 0 aliphatic carbocycles. The highest BCUT2D eigenvalue weighted by molar-refractivity contribution is 6.31. The van der Waals surface area contributed by atoms with Crippen LogP contribution in [0.1, 0.15) is 15.9 Å². The molecular formula is C17H10ClFN2O3. The van der Waals surface area contributed by atoms with Gasteiger partial charge in [-0.05, 0) is 42.5 Å². The Morgan fingerprint density at radius 3 is 2.71 bits per heavy atom. The first kappa shape index (κ1) is 15.9. The molecule has 0 fully saturated rings. The summed E-state index contributed by atoms with van der Waals surface area (Å²) in [4.78, 5) is 24.1. The van der Waals surface area contributed by atoms with Crippen molar-refractivity contribution in [1.29, 1.82) is 0 Å². The number of fused-ring (bicyclic) bond motifs is 1. The summed E-state index contributed by atoms with van der Waals surface area (Å²) in [5, 5.41) is 4.45. The van der Waals surface area contributed by atoms with Gasteiger partial charge in [-0.25, -0.2) is 9.82 Å². The van der Waals surface area contributed by atoms with E-state index in [2.05, 4.69) is 10.5 Å². The third-order valence-corrected chi connectivity index (χ3v) is 3.47. The number of nitrogens with zero attached hydrogens (tertiary/aromatic N) is 1. The number of hydrazone groups is 1. The Morgan fingerprint density at radius 1 is 1.21 bits per heavy atom. The van der Waals surface area contributed by atoms with Crippen LogP contribution in [0.5, 0.6) is 0 Å². The van der Waals surface area contributed by atoms with Crippen molar-refractivity contribution in [2.75, 3.05) is 0 Å². The molecule has 120 valence electrons. The van der Waals surface area contributed by atoms with Gasteiger partial charge in [-0.2, -0.15) is 5.10 Å². The Labute approximate surface area is 140 Å². The second-order valence-corrected chi connectivity index (χ2v) is 5.30. The fraction of sp³-hybridized carbons (Fsp3) is 0. The minimum atomic E-state index is -0.528. The van der Waals surface area contributed by atoms with Crippen LogP contribution in [0.4, 0.5) is 4.39 Å². The molecule has 0 unspecified atom stereocenters. The van der Waals surface area contributed by atoms with E-state index in [1.807, 2.05) is 0 Å². The lowest BCUT2D eigenvalue weighted by molar-refractivity contribution is 0.0955. The lowest BCUT2D eigenvalue weighted by Crippen LogP contribution is -2.18. The SMILES string of the molecule is O=C(N/N=C/c1coc2ccc(Cl)cc2c1=O)c1ccc(F)cc1. The van der Waals surface area contributed by atoms with Gasteiger partial charge in [0.15, 0.2) is 0 Å². The summed E-state index contributed by atoms with van der Waals surface area (Å²) in [6.07, 6.45) is 2.42. The number of halogens is 2. The molecule has 0 aliphatic rings. The Bertz CT molecular complexity index is 997. The van der Waals surface area contributed by atoms with Crippen molar-refractivity contribution in [2.24, 2.45) is 5.10 Å². The second-order valence-electron chi connectivity index (χ2n) is 4.87. The van der Waals surface area contributed by atoms with Gasteiger partial charge in [-0.1, -0.05) is 11.6 Å². The van der Waals surface area contributed by atoms with Gasteiger partial charge in [-0.3, -0.25) is 9.59 Å². The molecule has 3 aromatic rings. The molecule has 3 rings (SSSR count). The molecule has 0 aliphatic heterocycles. The molecule has 0 radical (unpaired) electrons. The average molecular weight is 345 g/mol. The fourth-order valence-electron chi connectivity index (χ4n) is 2.03. The third-order valence-electron chi connectivity index (χ3n) is 3.24. The fourth-order valence-corrected chi connectivity index (χ4v) is 2.21. The Balaban J connectivity index is 1.80. The highest BCUT2D eigenvalue weighted by Crippen LogP contribution is 2.16. The summed E-state index contributed by atoms with van der Waals surface area (Å²) >= 11 is 5.87. The number of rotatable bonds is 3. The van der Waals surface area contributed by atoms with Gasteiger partial charge in [0.2, 0.25) is 5.43 Å². The number of amides is 1. The van der Waals surface area contributed by atoms with Crippen LogP contribution in [0.2, 0.25) is 5.02 Å². The number of hydrogen-bond donors (Lipinski definition) is 1. The third kappa shape index (κ3) is 3.33. The summed E-state index contributed by atoms with van der Waals surface area (Å²) in [5.74, 6) is -0.970. The molecular weight excluding hydrogens is 335 g/mol. The Hall–Kier alpha value is -2.99. The van der Waals surface area contributed by atoms with Gasteiger partial charge in [-0.15, -0.1) is 0 Å². The van der Waals surface area contributed by atoms with Gasteiger partial charge in [0.25, 0.3) is 5.91 Å². The molecule has 0 bridgehead atoms. The number of benzene rings is 2. The van der Waals surface area contributed by atoms with Gasteiger partial charge < -0.3 is 4.42 Å². The maximum absolute atomic E-state index is 12.8. The molecule has 24 heavy (non-hydrogen) atoms. The topological polar surface area (TPSA) is 71.7 Å². The summed E-state index contributed by atoms with van der Waals surface area (Å²) in [6, 6.07) is 9.69. The first-order valence-corrected chi connectivity index (χ1v) is 7.22. The van der Waals surface area contributed by atoms with Crippen LogP contribution >= 0.6 is 11.6 Å². The van der Waals surface area contributed by atoms with Crippen molar-refractivity contribution >= 4 is 34.7 Å². The molecule has 5 nitrogen and oxygen atoms in total. The van der Waals surface area contributed by atoms with Crippen LogP contribution in [0.25, 0.3) is 11.0 Å². The van der Waals surface area contributed by atoms with Crippen molar-refractivity contribution in [2.45, 2.75) is 0 Å². The zero-order valence-corrected chi connectivity index (χ0v) is 12.9.